The van der Waals surface area contributed by atoms with Gasteiger partial charge < -0.3 is 5.32 Å². The predicted molar refractivity (Wildman–Crippen MR) is 82.7 cm³/mol. The van der Waals surface area contributed by atoms with Crippen LogP contribution in [0.3, 0.4) is 0 Å². The number of nitrogens with zero attached hydrogens (tertiary/aromatic N) is 1. The molecule has 0 atom stereocenters. The van der Waals surface area contributed by atoms with Crippen molar-refractivity contribution in [3.05, 3.63) is 38.9 Å². The normalized spacial score (nSPS) is 10.3. The Morgan fingerprint density at radius 2 is 2.15 bits per heavy atom. The Bertz CT molecular complexity index is 483. The summed E-state index contributed by atoms with van der Waals surface area (Å²) in [6.07, 6.45) is 5.05. The average Bonchev–Trinajstić information content (AvgIpc) is 2.42. The number of amides is 1. The monoisotopic (exact) mass is 316 g/mol. The molecule has 1 N–H and O–H groups in total. The van der Waals surface area contributed by atoms with Crippen LogP contribution in [0.15, 0.2) is 18.2 Å². The van der Waals surface area contributed by atoms with Gasteiger partial charge in [0, 0.05) is 17.6 Å². The number of hydrogen-bond donors (Lipinski definition) is 1. The van der Waals surface area contributed by atoms with Crippen molar-refractivity contribution in [3.63, 3.8) is 0 Å². The van der Waals surface area contributed by atoms with E-state index in [9.17, 15) is 14.9 Å². The van der Waals surface area contributed by atoms with Crippen LogP contribution in [0, 0.1) is 10.1 Å². The Hall–Kier alpha value is -1.27. The Labute approximate surface area is 127 Å². The first-order valence-electron chi connectivity index (χ1n) is 6.27. The van der Waals surface area contributed by atoms with E-state index in [1.54, 1.807) is 11.8 Å². The van der Waals surface area contributed by atoms with Gasteiger partial charge in [0.05, 0.1) is 4.92 Å². The van der Waals surface area contributed by atoms with Crippen LogP contribution in [0.25, 0.3) is 0 Å². The summed E-state index contributed by atoms with van der Waals surface area (Å²) in [5, 5.41) is 13.9. The van der Waals surface area contributed by atoms with Crippen LogP contribution < -0.4 is 5.32 Å². The average molecular weight is 317 g/mol. The fraction of sp³-hybridized carbons (Fsp3) is 0.462. The van der Waals surface area contributed by atoms with Gasteiger partial charge >= 0.3 is 0 Å². The first kappa shape index (κ1) is 16.8. The van der Waals surface area contributed by atoms with Gasteiger partial charge in [0.2, 0.25) is 0 Å². The maximum atomic E-state index is 11.9. The minimum absolute atomic E-state index is 0.00612. The van der Waals surface area contributed by atoms with Crippen LogP contribution in [-0.2, 0) is 0 Å². The number of rotatable bonds is 8. The highest BCUT2D eigenvalue weighted by molar-refractivity contribution is 7.98. The lowest BCUT2D eigenvalue weighted by molar-refractivity contribution is -0.385. The zero-order valence-corrected chi connectivity index (χ0v) is 12.8. The van der Waals surface area contributed by atoms with Crippen molar-refractivity contribution in [1.82, 2.24) is 5.32 Å². The van der Waals surface area contributed by atoms with E-state index in [2.05, 4.69) is 11.6 Å². The topological polar surface area (TPSA) is 72.2 Å². The first-order chi connectivity index (χ1) is 9.56. The number of nitro groups is 1. The molecular weight excluding hydrogens is 300 g/mol. The number of carbonyl (C=O) groups is 1. The molecule has 0 saturated heterocycles. The Balaban J connectivity index is 2.54. The van der Waals surface area contributed by atoms with Crippen LogP contribution in [0.2, 0.25) is 5.02 Å². The molecule has 0 aliphatic rings. The van der Waals surface area contributed by atoms with Gasteiger partial charge in [-0.1, -0.05) is 18.0 Å². The number of nitrogens with one attached hydrogen (secondary N) is 1. The number of unbranched alkanes of at least 4 members (excludes halogenated alkanes) is 2. The van der Waals surface area contributed by atoms with E-state index in [1.807, 2.05) is 0 Å². The smallest absolute Gasteiger partial charge is 0.282 e. The molecule has 1 aromatic carbocycles. The van der Waals surface area contributed by atoms with Crippen LogP contribution in [-0.4, -0.2) is 29.4 Å². The van der Waals surface area contributed by atoms with Crippen LogP contribution in [0.5, 0.6) is 0 Å². The largest absolute Gasteiger partial charge is 0.352 e. The molecule has 1 rings (SSSR count). The summed E-state index contributed by atoms with van der Waals surface area (Å²) in [6, 6.07) is 3.97. The lowest BCUT2D eigenvalue weighted by Crippen LogP contribution is -2.25. The number of thioether (sulfide) groups is 1. The molecule has 0 fully saturated rings. The van der Waals surface area contributed by atoms with Gasteiger partial charge in [0.15, 0.2) is 0 Å². The van der Waals surface area contributed by atoms with Crippen molar-refractivity contribution < 1.29 is 9.72 Å². The highest BCUT2D eigenvalue weighted by Gasteiger charge is 2.19. The summed E-state index contributed by atoms with van der Waals surface area (Å²) in [5.74, 6) is 0.650. The van der Waals surface area contributed by atoms with Gasteiger partial charge in [-0.2, -0.15) is 11.8 Å². The molecule has 0 unspecified atom stereocenters. The molecule has 5 nitrogen and oxygen atoms in total. The summed E-state index contributed by atoms with van der Waals surface area (Å²) in [6.45, 7) is 0.511. The van der Waals surface area contributed by atoms with E-state index in [1.165, 1.54) is 18.2 Å². The van der Waals surface area contributed by atoms with Gasteiger partial charge in [-0.05, 0) is 37.0 Å². The second-order valence-electron chi connectivity index (χ2n) is 4.23. The quantitative estimate of drug-likeness (QED) is 0.452. The highest BCUT2D eigenvalue weighted by atomic mass is 35.5. The third-order valence-electron chi connectivity index (χ3n) is 2.71. The number of benzene rings is 1. The van der Waals surface area contributed by atoms with E-state index < -0.39 is 10.8 Å². The van der Waals surface area contributed by atoms with Gasteiger partial charge in [-0.25, -0.2) is 0 Å². The first-order valence-corrected chi connectivity index (χ1v) is 8.04. The zero-order valence-electron chi connectivity index (χ0n) is 11.2. The Kier molecular flexibility index (Phi) is 7.40. The number of hydrogen-bond acceptors (Lipinski definition) is 4. The highest BCUT2D eigenvalue weighted by Crippen LogP contribution is 2.22. The molecule has 20 heavy (non-hydrogen) atoms. The molecule has 7 heteroatoms. The Morgan fingerprint density at radius 1 is 1.40 bits per heavy atom. The minimum Gasteiger partial charge on any atom is -0.352 e. The molecule has 110 valence electrons. The minimum atomic E-state index is -0.580. The standard InChI is InChI=1S/C13H17ClN2O3S/c1-20-8-4-2-3-7-15-13(17)11-9-10(14)5-6-12(11)16(18)19/h5-6,9H,2-4,7-8H2,1H3,(H,15,17). The third kappa shape index (κ3) is 5.38. The van der Waals surface area contributed by atoms with Gasteiger partial charge in [-0.3, -0.25) is 14.9 Å². The summed E-state index contributed by atoms with van der Waals surface area (Å²) in [7, 11) is 0. The van der Waals surface area contributed by atoms with Crippen LogP contribution in [0.4, 0.5) is 5.69 Å². The molecular formula is C13H17ClN2O3S. The fourth-order valence-corrected chi connectivity index (χ4v) is 2.36. The molecule has 0 aromatic heterocycles. The fourth-order valence-electron chi connectivity index (χ4n) is 1.69. The summed E-state index contributed by atoms with van der Waals surface area (Å²) in [5.41, 5.74) is -0.221. The molecule has 0 spiro atoms. The predicted octanol–water partition coefficient (Wildman–Crippen LogP) is 3.51. The lowest BCUT2D eigenvalue weighted by atomic mass is 10.1. The second kappa shape index (κ2) is 8.81. The second-order valence-corrected chi connectivity index (χ2v) is 5.65. The van der Waals surface area contributed by atoms with Crippen molar-refractivity contribution in [1.29, 1.82) is 0 Å². The summed E-state index contributed by atoms with van der Waals surface area (Å²) < 4.78 is 0. The maximum absolute atomic E-state index is 11.9. The van der Waals surface area contributed by atoms with Gasteiger partial charge in [0.1, 0.15) is 5.56 Å². The van der Waals surface area contributed by atoms with E-state index >= 15 is 0 Å². The van der Waals surface area contributed by atoms with E-state index in [0.717, 1.165) is 25.0 Å². The van der Waals surface area contributed by atoms with E-state index in [-0.39, 0.29) is 11.3 Å². The van der Waals surface area contributed by atoms with Crippen LogP contribution in [0.1, 0.15) is 29.6 Å². The molecule has 0 saturated carbocycles. The van der Waals surface area contributed by atoms with E-state index in [0.29, 0.717) is 11.6 Å². The van der Waals surface area contributed by atoms with Crippen LogP contribution >= 0.6 is 23.4 Å². The molecule has 0 radical (unpaired) electrons. The number of halogens is 1. The third-order valence-corrected chi connectivity index (χ3v) is 3.64. The summed E-state index contributed by atoms with van der Waals surface area (Å²) >= 11 is 7.57. The van der Waals surface area contributed by atoms with Crippen molar-refractivity contribution in [2.75, 3.05) is 18.6 Å². The van der Waals surface area contributed by atoms with E-state index in [4.69, 9.17) is 11.6 Å². The molecule has 0 heterocycles. The number of nitro benzene ring substituents is 1. The van der Waals surface area contributed by atoms with Crippen molar-refractivity contribution in [2.24, 2.45) is 0 Å². The van der Waals surface area contributed by atoms with Gasteiger partial charge in [-0.15, -0.1) is 0 Å². The zero-order chi connectivity index (χ0) is 15.0. The lowest BCUT2D eigenvalue weighted by Gasteiger charge is -2.06. The molecule has 0 bridgehead atoms. The van der Waals surface area contributed by atoms with Crippen molar-refractivity contribution >= 4 is 35.0 Å². The molecule has 0 aliphatic carbocycles. The van der Waals surface area contributed by atoms with Gasteiger partial charge in [0.25, 0.3) is 11.6 Å². The molecule has 0 aliphatic heterocycles. The SMILES string of the molecule is CSCCCCCNC(=O)c1cc(Cl)ccc1[N+](=O)[O-]. The van der Waals surface area contributed by atoms with Crippen molar-refractivity contribution in [2.45, 2.75) is 19.3 Å². The summed E-state index contributed by atoms with van der Waals surface area (Å²) in [4.78, 5) is 22.2. The molecule has 1 aromatic rings. The van der Waals surface area contributed by atoms with Crippen molar-refractivity contribution in [3.8, 4) is 0 Å². The Morgan fingerprint density at radius 3 is 2.80 bits per heavy atom. The maximum Gasteiger partial charge on any atom is 0.282 e. The molecule has 1 amide bonds. The number of carbonyl (C=O) groups excluding carboxylic acids is 1.